The molecule has 0 bridgehead atoms. The van der Waals surface area contributed by atoms with Crippen LogP contribution in [0.1, 0.15) is 15.9 Å². The van der Waals surface area contributed by atoms with Gasteiger partial charge in [-0.05, 0) is 48.5 Å². The highest BCUT2D eigenvalue weighted by Gasteiger charge is 2.15. The zero-order valence-electron chi connectivity index (χ0n) is 17.7. The summed E-state index contributed by atoms with van der Waals surface area (Å²) in [6.07, 6.45) is 3.03. The van der Waals surface area contributed by atoms with Crippen LogP contribution in [0.25, 0.3) is 33.4 Å². The fourth-order valence-corrected chi connectivity index (χ4v) is 3.65. The second-order valence-electron chi connectivity index (χ2n) is 7.50. The molecule has 2 heterocycles. The van der Waals surface area contributed by atoms with Gasteiger partial charge in [-0.3, -0.25) is 9.89 Å². The highest BCUT2D eigenvalue weighted by molar-refractivity contribution is 6.07. The Bertz CT molecular complexity index is 1530. The number of amides is 1. The Morgan fingerprint density at radius 2 is 1.79 bits per heavy atom. The highest BCUT2D eigenvalue weighted by Crippen LogP contribution is 2.30. The third-order valence-electron chi connectivity index (χ3n) is 5.31. The first-order valence-electron chi connectivity index (χ1n) is 10.4. The van der Waals surface area contributed by atoms with E-state index in [1.165, 1.54) is 18.3 Å². The number of pyridine rings is 1. The molecule has 0 aliphatic rings. The van der Waals surface area contributed by atoms with Crippen LogP contribution in [0, 0.1) is 5.82 Å². The molecule has 5 rings (SSSR count). The first kappa shape index (κ1) is 21.0. The molecule has 1 amide bonds. The van der Waals surface area contributed by atoms with Crippen LogP contribution in [0.15, 0.2) is 90.2 Å². The number of aromatic nitrogens is 3. The van der Waals surface area contributed by atoms with E-state index in [1.54, 1.807) is 60.8 Å². The molecule has 7 nitrogen and oxygen atoms in total. The van der Waals surface area contributed by atoms with Crippen LogP contribution < -0.4 is 5.43 Å². The van der Waals surface area contributed by atoms with Crippen LogP contribution in [-0.4, -0.2) is 32.4 Å². The van der Waals surface area contributed by atoms with Gasteiger partial charge in [-0.15, -0.1) is 0 Å². The summed E-state index contributed by atoms with van der Waals surface area (Å²) in [5.74, 6) is -0.695. The Labute approximate surface area is 193 Å². The van der Waals surface area contributed by atoms with Gasteiger partial charge >= 0.3 is 0 Å². The van der Waals surface area contributed by atoms with Crippen LogP contribution in [0.4, 0.5) is 4.39 Å². The number of nitrogens with zero attached hydrogens (tertiary/aromatic N) is 3. The number of phenols is 1. The van der Waals surface area contributed by atoms with Crippen LogP contribution >= 0.6 is 0 Å². The van der Waals surface area contributed by atoms with Crippen molar-refractivity contribution < 1.29 is 14.3 Å². The van der Waals surface area contributed by atoms with Gasteiger partial charge in [-0.2, -0.15) is 10.2 Å². The number of aromatic hydroxyl groups is 1. The van der Waals surface area contributed by atoms with E-state index in [2.05, 4.69) is 25.7 Å². The summed E-state index contributed by atoms with van der Waals surface area (Å²) in [5.41, 5.74) is 6.54. The lowest BCUT2D eigenvalue weighted by Crippen LogP contribution is -2.18. The molecule has 2 aromatic heterocycles. The molecule has 0 aliphatic heterocycles. The maximum absolute atomic E-state index is 13.2. The third-order valence-corrected chi connectivity index (χ3v) is 5.31. The number of fused-ring (bicyclic) bond motifs is 1. The minimum Gasteiger partial charge on any atom is -0.507 e. The Morgan fingerprint density at radius 1 is 1.03 bits per heavy atom. The quantitative estimate of drug-likeness (QED) is 0.261. The second-order valence-corrected chi connectivity index (χ2v) is 7.50. The summed E-state index contributed by atoms with van der Waals surface area (Å²) in [5, 5.41) is 21.9. The normalized spacial score (nSPS) is 11.2. The van der Waals surface area contributed by atoms with E-state index in [4.69, 9.17) is 0 Å². The second kappa shape index (κ2) is 8.95. The molecule has 0 saturated carbocycles. The summed E-state index contributed by atoms with van der Waals surface area (Å²) in [4.78, 5) is 17.7. The van der Waals surface area contributed by atoms with Gasteiger partial charge in [0.2, 0.25) is 0 Å². The summed E-state index contributed by atoms with van der Waals surface area (Å²) in [7, 11) is 0. The number of aromatic amines is 1. The van der Waals surface area contributed by atoms with Gasteiger partial charge in [0.1, 0.15) is 11.6 Å². The first-order valence-corrected chi connectivity index (χ1v) is 10.4. The van der Waals surface area contributed by atoms with Crippen LogP contribution in [0.2, 0.25) is 0 Å². The van der Waals surface area contributed by atoms with Crippen molar-refractivity contribution in [1.82, 2.24) is 20.6 Å². The van der Waals surface area contributed by atoms with E-state index < -0.39 is 5.91 Å². The van der Waals surface area contributed by atoms with Gasteiger partial charge in [0.15, 0.2) is 0 Å². The molecule has 166 valence electrons. The summed E-state index contributed by atoms with van der Waals surface area (Å²) < 4.78 is 13.2. The van der Waals surface area contributed by atoms with E-state index in [0.717, 1.165) is 5.56 Å². The topological polar surface area (TPSA) is 103 Å². The summed E-state index contributed by atoms with van der Waals surface area (Å²) >= 11 is 0. The molecule has 0 fully saturated rings. The minimum atomic E-state index is -0.432. The number of halogens is 1. The third kappa shape index (κ3) is 4.12. The van der Waals surface area contributed by atoms with Gasteiger partial charge in [-0.25, -0.2) is 14.8 Å². The molecule has 34 heavy (non-hydrogen) atoms. The van der Waals surface area contributed by atoms with Gasteiger partial charge in [0.25, 0.3) is 5.91 Å². The van der Waals surface area contributed by atoms with Crippen molar-refractivity contribution in [3.8, 4) is 28.3 Å². The lowest BCUT2D eigenvalue weighted by atomic mass is 10.0. The predicted octanol–water partition coefficient (Wildman–Crippen LogP) is 4.90. The lowest BCUT2D eigenvalue weighted by molar-refractivity contribution is 0.0956. The van der Waals surface area contributed by atoms with Crippen LogP contribution in [-0.2, 0) is 0 Å². The molecular formula is C26H18FN5O2. The van der Waals surface area contributed by atoms with Crippen molar-refractivity contribution in [2.24, 2.45) is 5.10 Å². The number of hydrogen-bond acceptors (Lipinski definition) is 5. The summed E-state index contributed by atoms with van der Waals surface area (Å²) in [6.45, 7) is 0. The average molecular weight is 451 g/mol. The molecule has 0 saturated heterocycles. The molecule has 5 aromatic rings. The van der Waals surface area contributed by atoms with Crippen molar-refractivity contribution in [2.75, 3.05) is 0 Å². The monoisotopic (exact) mass is 451 g/mol. The van der Waals surface area contributed by atoms with Gasteiger partial charge in [0, 0.05) is 22.1 Å². The molecular weight excluding hydrogens is 433 g/mol. The largest absolute Gasteiger partial charge is 0.507 e. The fourth-order valence-electron chi connectivity index (χ4n) is 3.65. The SMILES string of the molecule is O=C(N/N=C/c1cn[nH]c1-c1ccc(F)cc1)c1cc(-c2ccccc2O)nc2ccccc12. The maximum atomic E-state index is 13.2. The molecule has 0 unspecified atom stereocenters. The number of carbonyl (C=O) groups is 1. The van der Waals surface area contributed by atoms with E-state index in [1.807, 2.05) is 12.1 Å². The van der Waals surface area contributed by atoms with Crippen molar-refractivity contribution in [2.45, 2.75) is 0 Å². The van der Waals surface area contributed by atoms with Crippen LogP contribution in [0.3, 0.4) is 0 Å². The first-order chi connectivity index (χ1) is 16.6. The number of para-hydroxylation sites is 2. The zero-order valence-corrected chi connectivity index (χ0v) is 17.7. The van der Waals surface area contributed by atoms with E-state index in [9.17, 15) is 14.3 Å². The molecule has 0 spiro atoms. The number of benzene rings is 3. The Morgan fingerprint density at radius 3 is 2.62 bits per heavy atom. The van der Waals surface area contributed by atoms with Crippen molar-refractivity contribution in [1.29, 1.82) is 0 Å². The van der Waals surface area contributed by atoms with E-state index in [0.29, 0.717) is 39.0 Å². The smallest absolute Gasteiger partial charge is 0.272 e. The highest BCUT2D eigenvalue weighted by atomic mass is 19.1. The van der Waals surface area contributed by atoms with E-state index >= 15 is 0 Å². The van der Waals surface area contributed by atoms with Gasteiger partial charge in [0.05, 0.1) is 34.9 Å². The fraction of sp³-hybridized carbons (Fsp3) is 0. The van der Waals surface area contributed by atoms with Crippen molar-refractivity contribution >= 4 is 23.0 Å². The number of H-pyrrole nitrogens is 1. The Kier molecular flexibility index (Phi) is 5.53. The van der Waals surface area contributed by atoms with Crippen molar-refractivity contribution in [3.63, 3.8) is 0 Å². The maximum Gasteiger partial charge on any atom is 0.272 e. The number of hydrazone groups is 1. The van der Waals surface area contributed by atoms with Gasteiger partial charge in [-0.1, -0.05) is 30.3 Å². The molecule has 0 radical (unpaired) electrons. The minimum absolute atomic E-state index is 0.0722. The molecule has 0 aliphatic carbocycles. The lowest BCUT2D eigenvalue weighted by Gasteiger charge is -2.10. The van der Waals surface area contributed by atoms with E-state index in [-0.39, 0.29) is 11.6 Å². The molecule has 0 atom stereocenters. The number of hydrogen-bond donors (Lipinski definition) is 3. The number of carbonyl (C=O) groups excluding carboxylic acids is 1. The van der Waals surface area contributed by atoms with Crippen LogP contribution in [0.5, 0.6) is 5.75 Å². The molecule has 3 aromatic carbocycles. The molecule has 8 heteroatoms. The zero-order chi connectivity index (χ0) is 23.5. The summed E-state index contributed by atoms with van der Waals surface area (Å²) in [6, 6.07) is 21.7. The number of nitrogens with one attached hydrogen (secondary N) is 2. The van der Waals surface area contributed by atoms with Crippen molar-refractivity contribution in [3.05, 3.63) is 102 Å². The predicted molar refractivity (Wildman–Crippen MR) is 128 cm³/mol. The number of phenolic OH excluding ortho intramolecular Hbond substituents is 1. The molecule has 3 N–H and O–H groups in total. The van der Waals surface area contributed by atoms with Gasteiger partial charge < -0.3 is 5.11 Å². The Hall–Kier alpha value is -4.85. The standard InChI is InChI=1S/C26H18FN5O2/c27-18-11-9-16(10-12-18)25-17(14-28-31-25)15-29-32-26(34)21-13-23(20-6-2-4-8-24(20)33)30-22-7-3-1-5-19(21)22/h1-15,33H,(H,28,31)(H,32,34)/b29-15+. The average Bonchev–Trinajstić information content (AvgIpc) is 3.32. The Balaban J connectivity index is 1.45. The number of rotatable bonds is 5.